The summed E-state index contributed by atoms with van der Waals surface area (Å²) >= 11 is 7.61. The van der Waals surface area contributed by atoms with Crippen molar-refractivity contribution in [2.75, 3.05) is 11.6 Å². The Hall–Kier alpha value is -2.22. The standard InChI is InChI=1S/C17H13ClN2O3S2/c1-25(22,23)15-4-2-3-13(16(15)18)17(21)20-12-7-5-11(6-8-12)14-9-24-10-19-14/h2-10H,1H3,(H,20,21). The van der Waals surface area contributed by atoms with E-state index in [1.54, 1.807) is 17.6 Å². The summed E-state index contributed by atoms with van der Waals surface area (Å²) in [7, 11) is -3.51. The lowest BCUT2D eigenvalue weighted by Gasteiger charge is -2.09. The molecule has 0 radical (unpaired) electrons. The zero-order chi connectivity index (χ0) is 18.0. The number of sulfone groups is 1. The average Bonchev–Trinajstić information content (AvgIpc) is 3.09. The van der Waals surface area contributed by atoms with E-state index in [-0.39, 0.29) is 15.5 Å². The molecular weight excluding hydrogens is 380 g/mol. The molecule has 3 rings (SSSR count). The molecule has 2 aromatic carbocycles. The Morgan fingerprint density at radius 3 is 2.48 bits per heavy atom. The molecule has 3 aromatic rings. The number of nitrogens with one attached hydrogen (secondary N) is 1. The predicted octanol–water partition coefficient (Wildman–Crippen LogP) is 4.12. The van der Waals surface area contributed by atoms with E-state index in [2.05, 4.69) is 10.3 Å². The van der Waals surface area contributed by atoms with Crippen LogP contribution in [-0.4, -0.2) is 25.6 Å². The normalized spacial score (nSPS) is 11.3. The van der Waals surface area contributed by atoms with Crippen molar-refractivity contribution in [1.29, 1.82) is 0 Å². The lowest BCUT2D eigenvalue weighted by Crippen LogP contribution is -2.13. The molecule has 0 bridgehead atoms. The first kappa shape index (κ1) is 17.6. The van der Waals surface area contributed by atoms with Crippen LogP contribution in [0.2, 0.25) is 5.02 Å². The predicted molar refractivity (Wildman–Crippen MR) is 100 cm³/mol. The Kier molecular flexibility index (Phi) is 4.89. The van der Waals surface area contributed by atoms with Crippen molar-refractivity contribution in [2.24, 2.45) is 0 Å². The van der Waals surface area contributed by atoms with Gasteiger partial charge >= 0.3 is 0 Å². The van der Waals surface area contributed by atoms with Crippen LogP contribution >= 0.6 is 22.9 Å². The van der Waals surface area contributed by atoms with E-state index < -0.39 is 15.7 Å². The van der Waals surface area contributed by atoms with E-state index in [9.17, 15) is 13.2 Å². The lowest BCUT2D eigenvalue weighted by molar-refractivity contribution is 0.102. The third kappa shape index (κ3) is 3.89. The summed E-state index contributed by atoms with van der Waals surface area (Å²) in [5.74, 6) is -0.475. The molecule has 1 amide bonds. The van der Waals surface area contributed by atoms with Gasteiger partial charge in [0.25, 0.3) is 5.91 Å². The van der Waals surface area contributed by atoms with Gasteiger partial charge in [-0.1, -0.05) is 29.8 Å². The van der Waals surface area contributed by atoms with Crippen molar-refractivity contribution >= 4 is 44.4 Å². The smallest absolute Gasteiger partial charge is 0.257 e. The van der Waals surface area contributed by atoms with Gasteiger partial charge in [-0.25, -0.2) is 13.4 Å². The van der Waals surface area contributed by atoms with E-state index in [4.69, 9.17) is 11.6 Å². The number of carbonyl (C=O) groups is 1. The Morgan fingerprint density at radius 1 is 1.16 bits per heavy atom. The van der Waals surface area contributed by atoms with Gasteiger partial charge in [0.2, 0.25) is 0 Å². The van der Waals surface area contributed by atoms with E-state index in [0.29, 0.717) is 5.69 Å². The molecule has 1 aromatic heterocycles. The third-order valence-corrected chi connectivity index (χ3v) is 5.72. The minimum absolute atomic E-state index is 0.0688. The molecule has 0 fully saturated rings. The molecule has 0 atom stereocenters. The number of anilines is 1. The van der Waals surface area contributed by atoms with Crippen LogP contribution in [0.15, 0.2) is 58.3 Å². The highest BCUT2D eigenvalue weighted by Crippen LogP contribution is 2.26. The summed E-state index contributed by atoms with van der Waals surface area (Å²) in [5, 5.41) is 4.57. The van der Waals surface area contributed by atoms with Crippen LogP contribution in [-0.2, 0) is 9.84 Å². The van der Waals surface area contributed by atoms with Crippen LogP contribution in [0.1, 0.15) is 10.4 Å². The van der Waals surface area contributed by atoms with E-state index in [1.165, 1.54) is 29.5 Å². The highest BCUT2D eigenvalue weighted by molar-refractivity contribution is 7.90. The fourth-order valence-corrected chi connectivity index (χ4v) is 4.20. The average molecular weight is 393 g/mol. The van der Waals surface area contributed by atoms with Crippen LogP contribution in [0.4, 0.5) is 5.69 Å². The van der Waals surface area contributed by atoms with Crippen molar-refractivity contribution in [1.82, 2.24) is 4.98 Å². The van der Waals surface area contributed by atoms with Crippen LogP contribution < -0.4 is 5.32 Å². The second kappa shape index (κ2) is 6.95. The number of carbonyl (C=O) groups excluding carboxylic acids is 1. The maximum Gasteiger partial charge on any atom is 0.257 e. The second-order valence-electron chi connectivity index (χ2n) is 5.30. The van der Waals surface area contributed by atoms with Gasteiger partial charge in [0.05, 0.1) is 26.7 Å². The van der Waals surface area contributed by atoms with Crippen molar-refractivity contribution < 1.29 is 13.2 Å². The molecule has 0 saturated carbocycles. The van der Waals surface area contributed by atoms with E-state index in [0.717, 1.165) is 17.5 Å². The highest BCUT2D eigenvalue weighted by atomic mass is 35.5. The number of benzene rings is 2. The number of thiazole rings is 1. The van der Waals surface area contributed by atoms with E-state index in [1.807, 2.05) is 17.5 Å². The second-order valence-corrected chi connectivity index (χ2v) is 8.38. The van der Waals surface area contributed by atoms with Crippen LogP contribution in [0.5, 0.6) is 0 Å². The largest absolute Gasteiger partial charge is 0.322 e. The molecule has 0 spiro atoms. The Labute approximate surface area is 154 Å². The number of hydrogen-bond acceptors (Lipinski definition) is 5. The van der Waals surface area contributed by atoms with Crippen LogP contribution in [0.3, 0.4) is 0 Å². The maximum atomic E-state index is 12.4. The lowest BCUT2D eigenvalue weighted by atomic mass is 10.1. The SMILES string of the molecule is CS(=O)(=O)c1cccc(C(=O)Nc2ccc(-c3cscn3)cc2)c1Cl. The molecule has 1 heterocycles. The summed E-state index contributed by atoms with van der Waals surface area (Å²) in [6.07, 6.45) is 1.05. The van der Waals surface area contributed by atoms with Gasteiger partial charge in [0.1, 0.15) is 0 Å². The van der Waals surface area contributed by atoms with E-state index >= 15 is 0 Å². The van der Waals surface area contributed by atoms with Gasteiger partial charge in [-0.2, -0.15) is 0 Å². The van der Waals surface area contributed by atoms with Gasteiger partial charge in [0, 0.05) is 22.9 Å². The maximum absolute atomic E-state index is 12.4. The van der Waals surface area contributed by atoms with Gasteiger partial charge in [-0.15, -0.1) is 11.3 Å². The first-order chi connectivity index (χ1) is 11.9. The van der Waals surface area contributed by atoms with Gasteiger partial charge in [-0.05, 0) is 24.3 Å². The molecule has 5 nitrogen and oxygen atoms in total. The third-order valence-electron chi connectivity index (χ3n) is 3.48. The number of aromatic nitrogens is 1. The Bertz CT molecular complexity index is 1010. The molecular formula is C17H13ClN2O3S2. The summed E-state index contributed by atoms with van der Waals surface area (Å²) in [6, 6.07) is 11.5. The first-order valence-electron chi connectivity index (χ1n) is 7.15. The minimum Gasteiger partial charge on any atom is -0.322 e. The molecule has 0 unspecified atom stereocenters. The molecule has 1 N–H and O–H groups in total. The summed E-state index contributed by atoms with van der Waals surface area (Å²) in [6.45, 7) is 0. The van der Waals surface area contributed by atoms with Crippen LogP contribution in [0.25, 0.3) is 11.3 Å². The highest BCUT2D eigenvalue weighted by Gasteiger charge is 2.19. The summed E-state index contributed by atoms with van der Waals surface area (Å²) in [4.78, 5) is 16.6. The molecule has 0 aliphatic carbocycles. The topological polar surface area (TPSA) is 76.1 Å². The monoisotopic (exact) mass is 392 g/mol. The van der Waals surface area contributed by atoms with Crippen molar-refractivity contribution in [3.8, 4) is 11.3 Å². The number of nitrogens with zero attached hydrogens (tertiary/aromatic N) is 1. The quantitative estimate of drug-likeness (QED) is 0.724. The molecule has 128 valence electrons. The van der Waals surface area contributed by atoms with Crippen molar-refractivity contribution in [3.05, 3.63) is 63.9 Å². The Morgan fingerprint density at radius 2 is 1.88 bits per heavy atom. The molecule has 0 aliphatic rings. The van der Waals surface area contributed by atoms with Crippen LogP contribution in [0, 0.1) is 0 Å². The molecule has 0 saturated heterocycles. The van der Waals surface area contributed by atoms with Gasteiger partial charge in [0.15, 0.2) is 9.84 Å². The first-order valence-corrected chi connectivity index (χ1v) is 10.4. The number of halogens is 1. The summed E-state index contributed by atoms with van der Waals surface area (Å²) < 4.78 is 23.4. The molecule has 0 aliphatic heterocycles. The molecule has 8 heteroatoms. The zero-order valence-electron chi connectivity index (χ0n) is 13.1. The van der Waals surface area contributed by atoms with Crippen molar-refractivity contribution in [3.63, 3.8) is 0 Å². The fraction of sp³-hybridized carbons (Fsp3) is 0.0588. The van der Waals surface area contributed by atoms with Gasteiger partial charge in [-0.3, -0.25) is 4.79 Å². The molecule has 25 heavy (non-hydrogen) atoms. The zero-order valence-corrected chi connectivity index (χ0v) is 15.5. The Balaban J connectivity index is 1.83. The number of rotatable bonds is 4. The number of hydrogen-bond donors (Lipinski definition) is 1. The van der Waals surface area contributed by atoms with Gasteiger partial charge < -0.3 is 5.32 Å². The van der Waals surface area contributed by atoms with Crippen molar-refractivity contribution in [2.45, 2.75) is 4.90 Å². The number of amides is 1. The fourth-order valence-electron chi connectivity index (χ4n) is 2.25. The summed E-state index contributed by atoms with van der Waals surface area (Å²) in [5.41, 5.74) is 4.24. The minimum atomic E-state index is -3.51.